The highest BCUT2D eigenvalue weighted by atomic mass is 35.5. The summed E-state index contributed by atoms with van der Waals surface area (Å²) < 4.78 is 12.5. The van der Waals surface area contributed by atoms with Crippen molar-refractivity contribution >= 4 is 41.0 Å². The Morgan fingerprint density at radius 3 is 2.44 bits per heavy atom. The van der Waals surface area contributed by atoms with Crippen LogP contribution in [0.5, 0.6) is 5.75 Å². The number of carboxylic acid groups (broad SMARTS) is 1. The van der Waals surface area contributed by atoms with Crippen molar-refractivity contribution in [2.24, 2.45) is 4.99 Å². The smallest absolute Gasteiger partial charge is 0.338 e. The molecule has 0 saturated heterocycles. The second kappa shape index (κ2) is 10.5. The molecule has 3 aromatic rings. The summed E-state index contributed by atoms with van der Waals surface area (Å²) >= 11 is 7.29. The van der Waals surface area contributed by atoms with Gasteiger partial charge in [-0.25, -0.2) is 9.79 Å². The van der Waals surface area contributed by atoms with Crippen molar-refractivity contribution in [2.45, 2.75) is 32.9 Å². The Hall–Kier alpha value is -3.69. The lowest BCUT2D eigenvalue weighted by Crippen LogP contribution is -2.40. The largest absolute Gasteiger partial charge is 0.546 e. The summed E-state index contributed by atoms with van der Waals surface area (Å²) in [5, 5.41) is 11.1. The quantitative estimate of drug-likeness (QED) is 0.436. The van der Waals surface area contributed by atoms with Gasteiger partial charge in [0.2, 0.25) is 0 Å². The molecular formula is C26H22ClN2O6S-. The zero-order valence-electron chi connectivity index (χ0n) is 19.7. The van der Waals surface area contributed by atoms with Crippen molar-refractivity contribution in [2.75, 3.05) is 6.61 Å². The van der Waals surface area contributed by atoms with Crippen LogP contribution in [0.3, 0.4) is 0 Å². The molecule has 0 N–H and O–H groups in total. The highest BCUT2D eigenvalue weighted by Gasteiger charge is 2.33. The van der Waals surface area contributed by atoms with E-state index >= 15 is 0 Å². The van der Waals surface area contributed by atoms with Gasteiger partial charge in [0.25, 0.3) is 5.56 Å². The van der Waals surface area contributed by atoms with Gasteiger partial charge >= 0.3 is 5.97 Å². The molecule has 10 heteroatoms. The number of nitrogens with zero attached hydrogens (tertiary/aromatic N) is 2. The molecule has 1 aliphatic heterocycles. The van der Waals surface area contributed by atoms with E-state index in [2.05, 4.69) is 4.99 Å². The molecule has 0 bridgehead atoms. The number of hydrogen-bond acceptors (Lipinski definition) is 8. The molecule has 8 nitrogen and oxygen atoms in total. The minimum Gasteiger partial charge on any atom is -0.546 e. The molecule has 1 atom stereocenters. The van der Waals surface area contributed by atoms with Gasteiger partial charge < -0.3 is 19.4 Å². The molecule has 0 fully saturated rings. The first-order chi connectivity index (χ1) is 17.1. The van der Waals surface area contributed by atoms with Crippen LogP contribution < -0.4 is 24.7 Å². The molecule has 2 aromatic carbocycles. The fourth-order valence-electron chi connectivity index (χ4n) is 3.77. The van der Waals surface area contributed by atoms with Crippen molar-refractivity contribution in [3.05, 3.63) is 95.6 Å². The average Bonchev–Trinajstić information content (AvgIpc) is 3.12. The van der Waals surface area contributed by atoms with Crippen LogP contribution in [0.15, 0.2) is 69.6 Å². The summed E-state index contributed by atoms with van der Waals surface area (Å²) in [6.07, 6.45) is 1.36. The van der Waals surface area contributed by atoms with Gasteiger partial charge in [-0.3, -0.25) is 9.36 Å². The van der Waals surface area contributed by atoms with Crippen LogP contribution in [-0.4, -0.2) is 29.2 Å². The fourth-order valence-corrected chi connectivity index (χ4v) is 4.95. The summed E-state index contributed by atoms with van der Waals surface area (Å²) in [4.78, 5) is 42.3. The van der Waals surface area contributed by atoms with E-state index in [4.69, 9.17) is 21.1 Å². The molecule has 0 spiro atoms. The predicted octanol–water partition coefficient (Wildman–Crippen LogP) is 1.97. The fraction of sp³-hybridized carbons (Fsp3) is 0.231. The molecule has 186 valence electrons. The Balaban J connectivity index is 1.81. The first-order valence-corrected chi connectivity index (χ1v) is 12.2. The lowest BCUT2D eigenvalue weighted by atomic mass is 9.96. The van der Waals surface area contributed by atoms with E-state index < -0.39 is 24.6 Å². The van der Waals surface area contributed by atoms with Crippen LogP contribution >= 0.6 is 22.9 Å². The Labute approximate surface area is 215 Å². The number of allylic oxidation sites excluding steroid dienone is 1. The lowest BCUT2D eigenvalue weighted by Gasteiger charge is -2.25. The van der Waals surface area contributed by atoms with Crippen molar-refractivity contribution in [1.29, 1.82) is 0 Å². The topological polar surface area (TPSA) is 110 Å². The maximum absolute atomic E-state index is 13.6. The SMILES string of the molecule is CC1=C(C(=O)OC(C)C)[C@H](c2ccc(Cl)cc2)n2c(s/c(=C\c3ccc(OCC(=O)[O-])cc3)c2=O)=N1. The van der Waals surface area contributed by atoms with E-state index in [1.54, 1.807) is 75.4 Å². The number of carbonyl (C=O) groups is 2. The number of carboxylic acids is 1. The first kappa shape index (κ1) is 25.4. The van der Waals surface area contributed by atoms with Crippen LogP contribution in [0, 0.1) is 0 Å². The Bertz CT molecular complexity index is 1520. The molecule has 1 aromatic heterocycles. The molecule has 1 aliphatic rings. The second-order valence-electron chi connectivity index (χ2n) is 8.32. The minimum atomic E-state index is -1.32. The Morgan fingerprint density at radius 1 is 1.17 bits per heavy atom. The maximum Gasteiger partial charge on any atom is 0.338 e. The van der Waals surface area contributed by atoms with Gasteiger partial charge in [-0.05, 0) is 62.2 Å². The van der Waals surface area contributed by atoms with Crippen LogP contribution in [0.4, 0.5) is 0 Å². The Morgan fingerprint density at radius 2 is 1.83 bits per heavy atom. The summed E-state index contributed by atoms with van der Waals surface area (Å²) in [6.45, 7) is 4.69. The molecule has 36 heavy (non-hydrogen) atoms. The van der Waals surface area contributed by atoms with E-state index in [0.717, 1.165) is 0 Å². The van der Waals surface area contributed by atoms with Gasteiger partial charge in [0.1, 0.15) is 12.4 Å². The summed E-state index contributed by atoms with van der Waals surface area (Å²) in [5.74, 6) is -1.49. The maximum atomic E-state index is 13.6. The molecule has 0 saturated carbocycles. The van der Waals surface area contributed by atoms with Crippen molar-refractivity contribution < 1.29 is 24.2 Å². The van der Waals surface area contributed by atoms with Gasteiger partial charge in [0, 0.05) is 5.02 Å². The van der Waals surface area contributed by atoms with E-state index in [1.165, 1.54) is 15.9 Å². The third kappa shape index (κ3) is 5.42. The first-order valence-electron chi connectivity index (χ1n) is 11.1. The molecule has 0 aliphatic carbocycles. The van der Waals surface area contributed by atoms with Crippen LogP contribution in [0.1, 0.15) is 37.9 Å². The highest BCUT2D eigenvalue weighted by molar-refractivity contribution is 7.07. The Kier molecular flexibility index (Phi) is 7.42. The number of aromatic nitrogens is 1. The van der Waals surface area contributed by atoms with Crippen LogP contribution in [0.25, 0.3) is 6.08 Å². The summed E-state index contributed by atoms with van der Waals surface area (Å²) in [7, 11) is 0. The van der Waals surface area contributed by atoms with Gasteiger partial charge in [-0.2, -0.15) is 0 Å². The average molecular weight is 526 g/mol. The lowest BCUT2D eigenvalue weighted by molar-refractivity contribution is -0.307. The monoisotopic (exact) mass is 525 g/mol. The normalized spacial score (nSPS) is 15.5. The number of esters is 1. The van der Waals surface area contributed by atoms with E-state index in [9.17, 15) is 19.5 Å². The molecule has 0 radical (unpaired) electrons. The third-order valence-corrected chi connectivity index (χ3v) is 6.54. The number of hydrogen-bond donors (Lipinski definition) is 0. The zero-order valence-corrected chi connectivity index (χ0v) is 21.3. The van der Waals surface area contributed by atoms with E-state index in [1.807, 2.05) is 0 Å². The number of ether oxygens (including phenoxy) is 2. The van der Waals surface area contributed by atoms with Crippen molar-refractivity contribution in [3.63, 3.8) is 0 Å². The molecule has 0 unspecified atom stereocenters. The second-order valence-corrected chi connectivity index (χ2v) is 9.76. The minimum absolute atomic E-state index is 0.291. The number of rotatable bonds is 7. The highest BCUT2D eigenvalue weighted by Crippen LogP contribution is 2.31. The van der Waals surface area contributed by atoms with Gasteiger partial charge in [-0.15, -0.1) is 0 Å². The number of benzene rings is 2. The van der Waals surface area contributed by atoms with Crippen LogP contribution in [0.2, 0.25) is 5.02 Å². The predicted molar refractivity (Wildman–Crippen MR) is 133 cm³/mol. The third-order valence-electron chi connectivity index (χ3n) is 5.30. The number of halogens is 1. The number of thiazole rings is 1. The van der Waals surface area contributed by atoms with Crippen molar-refractivity contribution in [1.82, 2.24) is 4.57 Å². The van der Waals surface area contributed by atoms with Gasteiger partial charge in [-0.1, -0.05) is 47.2 Å². The van der Waals surface area contributed by atoms with Gasteiger partial charge in [0.05, 0.1) is 33.9 Å². The molecule has 4 rings (SSSR count). The summed E-state index contributed by atoms with van der Waals surface area (Å²) in [6, 6.07) is 12.8. The standard InChI is InChI=1S/C26H23ClN2O6S/c1-14(2)35-25(33)22-15(3)28-26-29(23(22)17-6-8-18(27)9-7-17)24(32)20(36-26)12-16-4-10-19(11-5-16)34-13-21(30)31/h4-12,14,23H,13H2,1-3H3,(H,30,31)/p-1/b20-12-/t23-/m0/s1. The summed E-state index contributed by atoms with van der Waals surface area (Å²) in [5.41, 5.74) is 1.87. The van der Waals surface area contributed by atoms with Crippen molar-refractivity contribution in [3.8, 4) is 5.75 Å². The number of aliphatic carboxylic acids is 1. The zero-order chi connectivity index (χ0) is 26.0. The number of carbonyl (C=O) groups excluding carboxylic acids is 2. The van der Waals surface area contributed by atoms with Crippen LogP contribution in [-0.2, 0) is 14.3 Å². The molecular weight excluding hydrogens is 504 g/mol. The van der Waals surface area contributed by atoms with Gasteiger partial charge in [0.15, 0.2) is 4.80 Å². The van der Waals surface area contributed by atoms with E-state index in [0.29, 0.717) is 42.5 Å². The number of fused-ring (bicyclic) bond motifs is 1. The molecule has 0 amide bonds. The molecule has 2 heterocycles. The van der Waals surface area contributed by atoms with E-state index in [-0.39, 0.29) is 11.7 Å².